The van der Waals surface area contributed by atoms with E-state index >= 15 is 0 Å². The molecule has 2 aliphatic rings. The summed E-state index contributed by atoms with van der Waals surface area (Å²) in [6.45, 7) is 12.2. The Morgan fingerprint density at radius 3 is 2.52 bits per heavy atom. The van der Waals surface area contributed by atoms with Crippen molar-refractivity contribution >= 4 is 0 Å². The number of nitrogens with zero attached hydrogens (tertiary/aromatic N) is 2. The van der Waals surface area contributed by atoms with Gasteiger partial charge in [0.15, 0.2) is 11.5 Å². The average Bonchev–Trinajstić information content (AvgIpc) is 2.54. The maximum absolute atomic E-state index is 5.97. The molecule has 4 heteroatoms. The van der Waals surface area contributed by atoms with Crippen LogP contribution in [-0.2, 0) is 6.42 Å². The topological polar surface area (TPSA) is 24.9 Å². The molecule has 0 aromatic heterocycles. The van der Waals surface area contributed by atoms with Crippen LogP contribution < -0.4 is 9.47 Å². The van der Waals surface area contributed by atoms with Crippen molar-refractivity contribution in [2.75, 3.05) is 33.8 Å². The highest BCUT2D eigenvalue weighted by Crippen LogP contribution is 2.40. The fraction of sp³-hybridized carbons (Fsp3) is 0.714. The van der Waals surface area contributed by atoms with Crippen LogP contribution in [0.2, 0.25) is 0 Å². The van der Waals surface area contributed by atoms with E-state index < -0.39 is 0 Å². The minimum atomic E-state index is 0.157. The van der Waals surface area contributed by atoms with Gasteiger partial charge in [0.1, 0.15) is 0 Å². The molecule has 140 valence electrons. The minimum absolute atomic E-state index is 0.157. The van der Waals surface area contributed by atoms with E-state index in [2.05, 4.69) is 56.7 Å². The van der Waals surface area contributed by atoms with E-state index in [0.717, 1.165) is 36.9 Å². The summed E-state index contributed by atoms with van der Waals surface area (Å²) in [6.07, 6.45) is 2.53. The van der Waals surface area contributed by atoms with Crippen molar-refractivity contribution < 1.29 is 9.47 Å². The van der Waals surface area contributed by atoms with Gasteiger partial charge in [0.2, 0.25) is 0 Å². The first-order chi connectivity index (χ1) is 11.9. The zero-order valence-electron chi connectivity index (χ0n) is 16.7. The maximum atomic E-state index is 5.97. The fourth-order valence-corrected chi connectivity index (χ4v) is 4.33. The Balaban J connectivity index is 1.86. The van der Waals surface area contributed by atoms with Gasteiger partial charge in [-0.1, -0.05) is 13.8 Å². The number of fused-ring (bicyclic) bond motifs is 3. The molecule has 2 aliphatic heterocycles. The molecular formula is C21H34N2O2. The third-order valence-corrected chi connectivity index (χ3v) is 5.53. The summed E-state index contributed by atoms with van der Waals surface area (Å²) in [5.74, 6) is 2.49. The van der Waals surface area contributed by atoms with Gasteiger partial charge < -0.3 is 14.4 Å². The highest BCUT2D eigenvalue weighted by Gasteiger charge is 2.36. The standard InChI is InChI=1S/C21H34N2O2/c1-14(2)9-17-12-23-8-7-16-10-21(25-15(3)4)20(24-6)11-18(16)19(23)13-22(17)5/h10-11,14-15,17,19H,7-9,12-13H2,1-6H3. The third kappa shape index (κ3) is 3.95. The summed E-state index contributed by atoms with van der Waals surface area (Å²) in [4.78, 5) is 5.24. The summed E-state index contributed by atoms with van der Waals surface area (Å²) in [6, 6.07) is 5.58. The second-order valence-electron chi connectivity index (χ2n) is 8.35. The predicted octanol–water partition coefficient (Wildman–Crippen LogP) is 3.74. The first kappa shape index (κ1) is 18.5. The second-order valence-corrected chi connectivity index (χ2v) is 8.35. The first-order valence-electron chi connectivity index (χ1n) is 9.70. The Morgan fingerprint density at radius 2 is 1.88 bits per heavy atom. The summed E-state index contributed by atoms with van der Waals surface area (Å²) in [7, 11) is 4.02. The van der Waals surface area contributed by atoms with E-state index in [-0.39, 0.29) is 6.10 Å². The van der Waals surface area contributed by atoms with Gasteiger partial charge >= 0.3 is 0 Å². The average molecular weight is 347 g/mol. The molecule has 2 unspecified atom stereocenters. The number of hydrogen-bond donors (Lipinski definition) is 0. The molecule has 0 amide bonds. The normalized spacial score (nSPS) is 24.3. The van der Waals surface area contributed by atoms with E-state index in [1.54, 1.807) is 7.11 Å². The number of hydrogen-bond acceptors (Lipinski definition) is 4. The van der Waals surface area contributed by atoms with Crippen LogP contribution in [-0.4, -0.2) is 55.7 Å². The third-order valence-electron chi connectivity index (χ3n) is 5.53. The second kappa shape index (κ2) is 7.55. The van der Waals surface area contributed by atoms with Crippen LogP contribution in [0, 0.1) is 5.92 Å². The quantitative estimate of drug-likeness (QED) is 0.811. The molecule has 0 bridgehead atoms. The maximum Gasteiger partial charge on any atom is 0.161 e. The molecule has 1 fully saturated rings. The Hall–Kier alpha value is -1.26. The molecule has 2 heterocycles. The van der Waals surface area contributed by atoms with Gasteiger partial charge in [-0.25, -0.2) is 0 Å². The highest BCUT2D eigenvalue weighted by molar-refractivity contribution is 5.50. The van der Waals surface area contributed by atoms with Crippen molar-refractivity contribution in [3.63, 3.8) is 0 Å². The summed E-state index contributed by atoms with van der Waals surface area (Å²) in [5, 5.41) is 0. The van der Waals surface area contributed by atoms with E-state index in [1.807, 2.05) is 0 Å². The van der Waals surface area contributed by atoms with E-state index in [4.69, 9.17) is 9.47 Å². The number of ether oxygens (including phenoxy) is 2. The fourth-order valence-electron chi connectivity index (χ4n) is 4.33. The van der Waals surface area contributed by atoms with Gasteiger partial charge in [0.25, 0.3) is 0 Å². The molecule has 4 nitrogen and oxygen atoms in total. The molecule has 1 aromatic rings. The van der Waals surface area contributed by atoms with E-state index in [9.17, 15) is 0 Å². The van der Waals surface area contributed by atoms with Crippen LogP contribution in [0.5, 0.6) is 11.5 Å². The molecule has 3 rings (SSSR count). The van der Waals surface area contributed by atoms with Gasteiger partial charge in [-0.15, -0.1) is 0 Å². The van der Waals surface area contributed by atoms with Gasteiger partial charge in [0, 0.05) is 31.7 Å². The van der Waals surface area contributed by atoms with E-state index in [1.165, 1.54) is 24.1 Å². The lowest BCUT2D eigenvalue weighted by atomic mass is 9.88. The number of methoxy groups -OCH3 is 1. The Kier molecular flexibility index (Phi) is 5.59. The van der Waals surface area contributed by atoms with Crippen LogP contribution in [0.4, 0.5) is 0 Å². The van der Waals surface area contributed by atoms with Crippen LogP contribution >= 0.6 is 0 Å². The molecule has 0 spiro atoms. The highest BCUT2D eigenvalue weighted by atomic mass is 16.5. The molecule has 0 saturated carbocycles. The molecule has 0 radical (unpaired) electrons. The summed E-state index contributed by atoms with van der Waals surface area (Å²) >= 11 is 0. The van der Waals surface area contributed by atoms with Crippen molar-refractivity contribution in [3.05, 3.63) is 23.3 Å². The molecular weight excluding hydrogens is 312 g/mol. The van der Waals surface area contributed by atoms with Crippen molar-refractivity contribution in [2.45, 2.75) is 58.7 Å². The smallest absolute Gasteiger partial charge is 0.161 e. The monoisotopic (exact) mass is 346 g/mol. The van der Waals surface area contributed by atoms with Crippen LogP contribution in [0.15, 0.2) is 12.1 Å². The van der Waals surface area contributed by atoms with E-state index in [0.29, 0.717) is 12.1 Å². The molecule has 1 aromatic carbocycles. The summed E-state index contributed by atoms with van der Waals surface area (Å²) in [5.41, 5.74) is 2.85. The zero-order valence-corrected chi connectivity index (χ0v) is 16.7. The molecule has 25 heavy (non-hydrogen) atoms. The molecule has 1 saturated heterocycles. The number of rotatable bonds is 5. The predicted molar refractivity (Wildman–Crippen MR) is 103 cm³/mol. The van der Waals surface area contributed by atoms with Crippen molar-refractivity contribution in [3.8, 4) is 11.5 Å². The Morgan fingerprint density at radius 1 is 1.12 bits per heavy atom. The molecule has 2 atom stereocenters. The van der Waals surface area contributed by atoms with Gasteiger partial charge in [-0.05, 0) is 62.9 Å². The SMILES string of the molecule is COc1cc2c(cc1OC(C)C)CCN1CC(CC(C)C)N(C)CC21. The van der Waals surface area contributed by atoms with Crippen LogP contribution in [0.3, 0.4) is 0 Å². The van der Waals surface area contributed by atoms with Gasteiger partial charge in [0.05, 0.1) is 13.2 Å². The largest absolute Gasteiger partial charge is 0.493 e. The lowest BCUT2D eigenvalue weighted by Gasteiger charge is -2.48. The van der Waals surface area contributed by atoms with Gasteiger partial charge in [-0.3, -0.25) is 4.90 Å². The Bertz CT molecular complexity index is 600. The molecule has 0 N–H and O–H groups in total. The van der Waals surface area contributed by atoms with Gasteiger partial charge in [-0.2, -0.15) is 0 Å². The number of piperazine rings is 1. The zero-order chi connectivity index (χ0) is 18.1. The number of likely N-dealkylation sites (N-methyl/N-ethyl adjacent to an activating group) is 1. The van der Waals surface area contributed by atoms with Crippen molar-refractivity contribution in [1.29, 1.82) is 0 Å². The number of benzene rings is 1. The van der Waals surface area contributed by atoms with Crippen molar-refractivity contribution in [2.24, 2.45) is 5.92 Å². The lowest BCUT2D eigenvalue weighted by Crippen LogP contribution is -2.55. The first-order valence-corrected chi connectivity index (χ1v) is 9.70. The lowest BCUT2D eigenvalue weighted by molar-refractivity contribution is 0.0294. The Labute approximate surface area is 153 Å². The summed E-state index contributed by atoms with van der Waals surface area (Å²) < 4.78 is 11.6. The van der Waals surface area contributed by atoms with Crippen LogP contribution in [0.25, 0.3) is 0 Å². The molecule has 0 aliphatic carbocycles. The minimum Gasteiger partial charge on any atom is -0.493 e. The van der Waals surface area contributed by atoms with Crippen molar-refractivity contribution in [1.82, 2.24) is 9.80 Å². The van der Waals surface area contributed by atoms with Crippen LogP contribution in [0.1, 0.15) is 51.3 Å².